The van der Waals surface area contributed by atoms with Crippen molar-refractivity contribution < 1.29 is 4.79 Å². The number of aromatic nitrogens is 2. The van der Waals surface area contributed by atoms with E-state index in [1.807, 2.05) is 43.1 Å². The second kappa shape index (κ2) is 8.27. The van der Waals surface area contributed by atoms with Crippen LogP contribution in [0.2, 0.25) is 0 Å². The number of hydrogen-bond donors (Lipinski definition) is 1. The molecule has 0 radical (unpaired) electrons. The molecule has 5 heteroatoms. The minimum absolute atomic E-state index is 0.208. The lowest BCUT2D eigenvalue weighted by molar-refractivity contribution is 0.0945. The van der Waals surface area contributed by atoms with Gasteiger partial charge in [-0.2, -0.15) is 0 Å². The van der Waals surface area contributed by atoms with Gasteiger partial charge in [0, 0.05) is 20.1 Å². The quantitative estimate of drug-likeness (QED) is 0.854. The number of nitrogens with zero attached hydrogens (tertiary/aromatic N) is 3. The van der Waals surface area contributed by atoms with Crippen molar-refractivity contribution in [3.63, 3.8) is 0 Å². The minimum atomic E-state index is -0.208. The van der Waals surface area contributed by atoms with Crippen LogP contribution >= 0.6 is 0 Å². The molecule has 0 unspecified atom stereocenters. The van der Waals surface area contributed by atoms with Gasteiger partial charge in [-0.3, -0.25) is 4.79 Å². The SMILES string of the molecule is CCCCN(C)c1cnc(C(=O)NCc2ccc(C)cc2)cn1. The van der Waals surface area contributed by atoms with Gasteiger partial charge in [0.1, 0.15) is 11.5 Å². The smallest absolute Gasteiger partial charge is 0.271 e. The number of aryl methyl sites for hydroxylation is 1. The van der Waals surface area contributed by atoms with Crippen LogP contribution in [0.5, 0.6) is 0 Å². The maximum Gasteiger partial charge on any atom is 0.271 e. The molecule has 0 spiro atoms. The molecule has 2 aromatic rings. The van der Waals surface area contributed by atoms with Crippen LogP contribution in [-0.4, -0.2) is 29.5 Å². The van der Waals surface area contributed by atoms with Gasteiger partial charge in [0.25, 0.3) is 5.91 Å². The minimum Gasteiger partial charge on any atom is -0.358 e. The molecule has 0 fully saturated rings. The highest BCUT2D eigenvalue weighted by Gasteiger charge is 2.09. The molecule has 0 saturated carbocycles. The van der Waals surface area contributed by atoms with E-state index in [1.54, 1.807) is 6.20 Å². The lowest BCUT2D eigenvalue weighted by Gasteiger charge is -2.17. The Kier molecular flexibility index (Phi) is 6.09. The van der Waals surface area contributed by atoms with E-state index in [-0.39, 0.29) is 5.91 Å². The Bertz CT molecular complexity index is 622. The summed E-state index contributed by atoms with van der Waals surface area (Å²) in [5, 5.41) is 2.86. The van der Waals surface area contributed by atoms with Gasteiger partial charge in [-0.1, -0.05) is 43.2 Å². The van der Waals surface area contributed by atoms with Crippen LogP contribution in [0, 0.1) is 6.92 Å². The number of carbonyl (C=O) groups is 1. The Hall–Kier alpha value is -2.43. The first-order valence-electron chi connectivity index (χ1n) is 7.97. The van der Waals surface area contributed by atoms with Crippen LogP contribution in [0.15, 0.2) is 36.7 Å². The third-order valence-electron chi connectivity index (χ3n) is 3.68. The fourth-order valence-electron chi connectivity index (χ4n) is 2.12. The first kappa shape index (κ1) is 16.9. The predicted octanol–water partition coefficient (Wildman–Crippen LogP) is 2.95. The summed E-state index contributed by atoms with van der Waals surface area (Å²) in [4.78, 5) is 22.7. The maximum absolute atomic E-state index is 12.1. The van der Waals surface area contributed by atoms with Crippen LogP contribution in [0.4, 0.5) is 5.82 Å². The molecule has 0 saturated heterocycles. The Morgan fingerprint density at radius 1 is 1.17 bits per heavy atom. The fourth-order valence-corrected chi connectivity index (χ4v) is 2.12. The van der Waals surface area contributed by atoms with Crippen molar-refractivity contribution in [1.29, 1.82) is 0 Å². The van der Waals surface area contributed by atoms with E-state index in [9.17, 15) is 4.79 Å². The summed E-state index contributed by atoms with van der Waals surface area (Å²) in [5.41, 5.74) is 2.60. The van der Waals surface area contributed by atoms with Gasteiger partial charge in [-0.15, -0.1) is 0 Å². The summed E-state index contributed by atoms with van der Waals surface area (Å²) >= 11 is 0. The third kappa shape index (κ3) is 5.06. The molecule has 0 aliphatic carbocycles. The van der Waals surface area contributed by atoms with Gasteiger partial charge in [0.15, 0.2) is 0 Å². The van der Waals surface area contributed by atoms with Crippen molar-refractivity contribution in [2.45, 2.75) is 33.2 Å². The van der Waals surface area contributed by atoms with Gasteiger partial charge in [0.05, 0.1) is 12.4 Å². The number of hydrogen-bond acceptors (Lipinski definition) is 4. The average molecular weight is 312 g/mol. The highest BCUT2D eigenvalue weighted by molar-refractivity contribution is 5.91. The van der Waals surface area contributed by atoms with E-state index >= 15 is 0 Å². The van der Waals surface area contributed by atoms with Crippen LogP contribution in [-0.2, 0) is 6.54 Å². The number of benzene rings is 1. The van der Waals surface area contributed by atoms with Crippen molar-refractivity contribution >= 4 is 11.7 Å². The monoisotopic (exact) mass is 312 g/mol. The Labute approximate surface area is 137 Å². The van der Waals surface area contributed by atoms with Crippen molar-refractivity contribution in [2.24, 2.45) is 0 Å². The Morgan fingerprint density at radius 3 is 2.52 bits per heavy atom. The standard InChI is InChI=1S/C18H24N4O/c1-4-5-10-22(3)17-13-19-16(12-20-17)18(23)21-11-15-8-6-14(2)7-9-15/h6-9,12-13H,4-5,10-11H2,1-3H3,(H,21,23). The molecule has 1 heterocycles. The van der Waals surface area contributed by atoms with Gasteiger partial charge in [-0.05, 0) is 18.9 Å². The summed E-state index contributed by atoms with van der Waals surface area (Å²) in [6.07, 6.45) is 5.42. The van der Waals surface area contributed by atoms with Crippen molar-refractivity contribution in [1.82, 2.24) is 15.3 Å². The molecular formula is C18H24N4O. The van der Waals surface area contributed by atoms with E-state index in [0.717, 1.165) is 30.8 Å². The van der Waals surface area contributed by atoms with Crippen LogP contribution in [0.25, 0.3) is 0 Å². The van der Waals surface area contributed by atoms with Crippen molar-refractivity contribution in [3.05, 3.63) is 53.5 Å². The predicted molar refractivity (Wildman–Crippen MR) is 92.6 cm³/mol. The van der Waals surface area contributed by atoms with Crippen LogP contribution in [0.1, 0.15) is 41.4 Å². The molecule has 122 valence electrons. The zero-order chi connectivity index (χ0) is 16.7. The summed E-state index contributed by atoms with van der Waals surface area (Å²) < 4.78 is 0. The van der Waals surface area contributed by atoms with E-state index in [0.29, 0.717) is 12.2 Å². The Balaban J connectivity index is 1.90. The van der Waals surface area contributed by atoms with Crippen molar-refractivity contribution in [2.75, 3.05) is 18.5 Å². The highest BCUT2D eigenvalue weighted by Crippen LogP contribution is 2.08. The molecular weight excluding hydrogens is 288 g/mol. The third-order valence-corrected chi connectivity index (χ3v) is 3.68. The molecule has 0 bridgehead atoms. The normalized spacial score (nSPS) is 10.4. The zero-order valence-electron chi connectivity index (χ0n) is 14.0. The fraction of sp³-hybridized carbons (Fsp3) is 0.389. The topological polar surface area (TPSA) is 58.1 Å². The lowest BCUT2D eigenvalue weighted by atomic mass is 10.1. The largest absolute Gasteiger partial charge is 0.358 e. The van der Waals surface area contributed by atoms with Crippen molar-refractivity contribution in [3.8, 4) is 0 Å². The number of nitrogens with one attached hydrogen (secondary N) is 1. The first-order chi connectivity index (χ1) is 11.1. The summed E-state index contributed by atoms with van der Waals surface area (Å²) in [7, 11) is 1.98. The van der Waals surface area contributed by atoms with E-state index in [2.05, 4.69) is 22.2 Å². The average Bonchev–Trinajstić information content (AvgIpc) is 2.59. The van der Waals surface area contributed by atoms with Gasteiger partial charge < -0.3 is 10.2 Å². The van der Waals surface area contributed by atoms with E-state index in [4.69, 9.17) is 0 Å². The number of rotatable bonds is 7. The molecule has 0 aliphatic heterocycles. The molecule has 1 N–H and O–H groups in total. The molecule has 1 aromatic carbocycles. The van der Waals surface area contributed by atoms with Gasteiger partial charge in [0.2, 0.25) is 0 Å². The zero-order valence-corrected chi connectivity index (χ0v) is 14.0. The number of unbranched alkanes of at least 4 members (excludes halogenated alkanes) is 1. The molecule has 0 atom stereocenters. The maximum atomic E-state index is 12.1. The van der Waals surface area contributed by atoms with Crippen LogP contribution in [0.3, 0.4) is 0 Å². The second-order valence-electron chi connectivity index (χ2n) is 5.70. The van der Waals surface area contributed by atoms with Gasteiger partial charge in [-0.25, -0.2) is 9.97 Å². The first-order valence-corrected chi connectivity index (χ1v) is 7.97. The number of carbonyl (C=O) groups excluding carboxylic acids is 1. The summed E-state index contributed by atoms with van der Waals surface area (Å²) in [6.45, 7) is 5.61. The lowest BCUT2D eigenvalue weighted by Crippen LogP contribution is -2.25. The molecule has 1 amide bonds. The molecule has 2 rings (SSSR count). The molecule has 5 nitrogen and oxygen atoms in total. The van der Waals surface area contributed by atoms with E-state index in [1.165, 1.54) is 11.8 Å². The number of amides is 1. The molecule has 0 aliphatic rings. The Morgan fingerprint density at radius 2 is 1.91 bits per heavy atom. The number of anilines is 1. The summed E-state index contributed by atoms with van der Waals surface area (Å²) in [6, 6.07) is 8.07. The molecule has 1 aromatic heterocycles. The summed E-state index contributed by atoms with van der Waals surface area (Å²) in [5.74, 6) is 0.578. The van der Waals surface area contributed by atoms with E-state index < -0.39 is 0 Å². The van der Waals surface area contributed by atoms with Crippen LogP contribution < -0.4 is 10.2 Å². The highest BCUT2D eigenvalue weighted by atomic mass is 16.1. The second-order valence-corrected chi connectivity index (χ2v) is 5.70. The molecule has 23 heavy (non-hydrogen) atoms. The van der Waals surface area contributed by atoms with Gasteiger partial charge >= 0.3 is 0 Å².